The van der Waals surface area contributed by atoms with Gasteiger partial charge in [0.25, 0.3) is 13.4 Å². The Morgan fingerprint density at radius 3 is 1.16 bits per heavy atom. The lowest BCUT2D eigenvalue weighted by atomic mass is 9.30. The highest BCUT2D eigenvalue weighted by Gasteiger charge is 2.48. The summed E-state index contributed by atoms with van der Waals surface area (Å²) >= 11 is 0. The molecule has 0 saturated heterocycles. The predicted octanol–water partition coefficient (Wildman–Crippen LogP) is 12.4. The molecule has 15 rings (SSSR count). The van der Waals surface area contributed by atoms with Gasteiger partial charge in [-0.2, -0.15) is 0 Å². The van der Waals surface area contributed by atoms with Gasteiger partial charge in [0, 0.05) is 33.5 Å². The Balaban J connectivity index is 1.03. The SMILES string of the molecule is c1ccc(Oc2ccc3c4c5c(cc3c2)Oc2ccccc2B5c2cc3c(cc2N4c2ccccc2)N(c2ccccc2)c2c4c(cc5cc(Oc6ccccc6)ccc25)Oc2ccccc2B34)cc1. The number of ether oxygens (including phenoxy) is 4. The van der Waals surface area contributed by atoms with E-state index in [1.807, 2.05) is 60.7 Å². The van der Waals surface area contributed by atoms with Crippen LogP contribution in [0, 0.1) is 0 Å². The fraction of sp³-hybridized carbons (Fsp3) is 0. The Bertz CT molecular complexity index is 3680. The molecule has 326 valence electrons. The maximum Gasteiger partial charge on any atom is 0.256 e. The van der Waals surface area contributed by atoms with Crippen molar-refractivity contribution in [3.8, 4) is 46.0 Å². The number of hydrogen-bond donors (Lipinski definition) is 0. The van der Waals surface area contributed by atoms with Crippen LogP contribution >= 0.6 is 0 Å². The lowest BCUT2D eigenvalue weighted by Crippen LogP contribution is -2.63. The molecule has 0 saturated carbocycles. The summed E-state index contributed by atoms with van der Waals surface area (Å²) in [4.78, 5) is 4.95. The molecule has 0 atom stereocenters. The van der Waals surface area contributed by atoms with Crippen LogP contribution in [0.4, 0.5) is 34.1 Å². The van der Waals surface area contributed by atoms with E-state index in [4.69, 9.17) is 18.9 Å². The molecule has 0 bridgehead atoms. The van der Waals surface area contributed by atoms with Crippen molar-refractivity contribution in [1.29, 1.82) is 0 Å². The molecule has 0 N–H and O–H groups in total. The van der Waals surface area contributed by atoms with Crippen molar-refractivity contribution in [2.45, 2.75) is 0 Å². The number of hydrogen-bond acceptors (Lipinski definition) is 6. The molecule has 4 aliphatic rings. The van der Waals surface area contributed by atoms with Crippen LogP contribution in [0.3, 0.4) is 0 Å². The van der Waals surface area contributed by atoms with Crippen LogP contribution in [0.2, 0.25) is 0 Å². The zero-order valence-electron chi connectivity index (χ0n) is 37.6. The molecule has 0 fully saturated rings. The van der Waals surface area contributed by atoms with E-state index in [0.717, 1.165) is 124 Å². The van der Waals surface area contributed by atoms with Gasteiger partial charge in [0.1, 0.15) is 46.0 Å². The standard InChI is InChI=1S/C62H38B2N2O4/c1-5-17-41(18-6-1)65-53-38-54-52(37-51(53)63-49-25-13-15-27-55(49)69-57-35-39-33-45(67-43-21-9-3-10-22-43)29-31-47(39)61(65)59(57)63)64-50-26-14-16-28-56(50)70-58-36-40-34-46(68-44-23-11-4-12-24-44)30-32-48(40)62(60(58)64)66(54)42-19-7-2-8-20-42/h1-38H. The van der Waals surface area contributed by atoms with Crippen LogP contribution in [-0.4, -0.2) is 13.4 Å². The van der Waals surface area contributed by atoms with Crippen LogP contribution in [0.1, 0.15) is 0 Å². The lowest BCUT2D eigenvalue weighted by Gasteiger charge is -2.44. The number of benzene rings is 11. The van der Waals surface area contributed by atoms with Gasteiger partial charge in [-0.1, -0.05) is 115 Å². The first-order chi connectivity index (χ1) is 34.7. The van der Waals surface area contributed by atoms with Crippen molar-refractivity contribution in [2.75, 3.05) is 9.80 Å². The summed E-state index contributed by atoms with van der Waals surface area (Å²) in [5.41, 5.74) is 13.5. The smallest absolute Gasteiger partial charge is 0.256 e. The van der Waals surface area contributed by atoms with Gasteiger partial charge in [-0.05, 0) is 159 Å². The molecule has 0 aromatic heterocycles. The summed E-state index contributed by atoms with van der Waals surface area (Å²) in [5, 5.41) is 4.26. The summed E-state index contributed by atoms with van der Waals surface area (Å²) in [5.74, 6) is 6.48. The molecular weight excluding hydrogens is 858 g/mol. The van der Waals surface area contributed by atoms with E-state index >= 15 is 0 Å². The van der Waals surface area contributed by atoms with Crippen LogP contribution < -0.4 is 61.5 Å². The van der Waals surface area contributed by atoms with Gasteiger partial charge in [-0.3, -0.25) is 0 Å². The lowest BCUT2D eigenvalue weighted by molar-refractivity contribution is 0.482. The van der Waals surface area contributed by atoms with Crippen LogP contribution in [0.25, 0.3) is 21.5 Å². The maximum atomic E-state index is 7.02. The van der Waals surface area contributed by atoms with Crippen molar-refractivity contribution < 1.29 is 18.9 Å². The first-order valence-corrected chi connectivity index (χ1v) is 23.8. The summed E-state index contributed by atoms with van der Waals surface area (Å²) < 4.78 is 26.9. The van der Waals surface area contributed by atoms with Crippen molar-refractivity contribution in [3.05, 3.63) is 231 Å². The third kappa shape index (κ3) is 5.90. The summed E-state index contributed by atoms with van der Waals surface area (Å²) in [6.45, 7) is -0.277. The Hall–Kier alpha value is -9.13. The number of anilines is 6. The quantitative estimate of drug-likeness (QED) is 0.155. The number of para-hydroxylation sites is 6. The number of rotatable bonds is 6. The average molecular weight is 897 g/mol. The molecule has 11 aromatic carbocycles. The first kappa shape index (κ1) is 38.9. The second-order valence-corrected chi connectivity index (χ2v) is 18.3. The van der Waals surface area contributed by atoms with Gasteiger partial charge in [0.15, 0.2) is 0 Å². The second kappa shape index (κ2) is 15.2. The molecule has 0 aliphatic carbocycles. The highest BCUT2D eigenvalue weighted by atomic mass is 16.5. The van der Waals surface area contributed by atoms with Gasteiger partial charge in [-0.15, -0.1) is 0 Å². The Labute approximate surface area is 405 Å². The van der Waals surface area contributed by atoms with Crippen LogP contribution in [-0.2, 0) is 0 Å². The summed E-state index contributed by atoms with van der Waals surface area (Å²) in [6.07, 6.45) is 0. The van der Waals surface area contributed by atoms with Gasteiger partial charge in [0.05, 0.1) is 11.4 Å². The van der Waals surface area contributed by atoms with Gasteiger partial charge >= 0.3 is 0 Å². The zero-order chi connectivity index (χ0) is 45.9. The summed E-state index contributed by atoms with van der Waals surface area (Å²) in [7, 11) is 0. The molecule has 0 radical (unpaired) electrons. The second-order valence-electron chi connectivity index (χ2n) is 18.3. The minimum Gasteiger partial charge on any atom is -0.458 e. The largest absolute Gasteiger partial charge is 0.458 e. The fourth-order valence-corrected chi connectivity index (χ4v) is 11.5. The molecular formula is C62H38B2N2O4. The Morgan fingerprint density at radius 2 is 0.714 bits per heavy atom. The molecule has 11 aromatic rings. The Kier molecular flexibility index (Phi) is 8.45. The van der Waals surface area contributed by atoms with Crippen molar-refractivity contribution >= 4 is 102 Å². The van der Waals surface area contributed by atoms with E-state index in [2.05, 4.69) is 180 Å². The van der Waals surface area contributed by atoms with Crippen LogP contribution in [0.5, 0.6) is 46.0 Å². The third-order valence-corrected chi connectivity index (χ3v) is 14.4. The van der Waals surface area contributed by atoms with Gasteiger partial charge in [-0.25, -0.2) is 0 Å². The van der Waals surface area contributed by atoms with E-state index in [1.54, 1.807) is 0 Å². The maximum absolute atomic E-state index is 7.02. The number of fused-ring (bicyclic) bond motifs is 12. The topological polar surface area (TPSA) is 43.4 Å². The van der Waals surface area contributed by atoms with Crippen molar-refractivity contribution in [3.63, 3.8) is 0 Å². The monoisotopic (exact) mass is 896 g/mol. The molecule has 8 heteroatoms. The predicted molar refractivity (Wildman–Crippen MR) is 286 cm³/mol. The van der Waals surface area contributed by atoms with E-state index in [0.29, 0.717) is 0 Å². The highest BCUT2D eigenvalue weighted by Crippen LogP contribution is 2.50. The van der Waals surface area contributed by atoms with E-state index < -0.39 is 0 Å². The molecule has 70 heavy (non-hydrogen) atoms. The highest BCUT2D eigenvalue weighted by molar-refractivity contribution is 7.02. The fourth-order valence-electron chi connectivity index (χ4n) is 11.5. The molecule has 0 amide bonds. The van der Waals surface area contributed by atoms with Gasteiger partial charge < -0.3 is 28.7 Å². The first-order valence-electron chi connectivity index (χ1n) is 23.8. The molecule has 6 nitrogen and oxygen atoms in total. The third-order valence-electron chi connectivity index (χ3n) is 14.4. The van der Waals surface area contributed by atoms with Gasteiger partial charge in [0.2, 0.25) is 0 Å². The van der Waals surface area contributed by atoms with Crippen molar-refractivity contribution in [2.24, 2.45) is 0 Å². The molecule has 0 spiro atoms. The number of nitrogens with zero attached hydrogens (tertiary/aromatic N) is 2. The molecule has 0 unspecified atom stereocenters. The minimum absolute atomic E-state index is 0.138. The summed E-state index contributed by atoms with van der Waals surface area (Å²) in [6, 6.07) is 80.8. The minimum atomic E-state index is -0.138. The van der Waals surface area contributed by atoms with E-state index in [9.17, 15) is 0 Å². The average Bonchev–Trinajstić information content (AvgIpc) is 3.41. The van der Waals surface area contributed by atoms with Crippen molar-refractivity contribution in [1.82, 2.24) is 0 Å². The zero-order valence-corrected chi connectivity index (χ0v) is 37.6. The Morgan fingerprint density at radius 1 is 0.314 bits per heavy atom. The van der Waals surface area contributed by atoms with E-state index in [-0.39, 0.29) is 13.4 Å². The van der Waals surface area contributed by atoms with Crippen LogP contribution in [0.15, 0.2) is 231 Å². The normalized spacial score (nSPS) is 13.3. The van der Waals surface area contributed by atoms with E-state index in [1.165, 1.54) is 10.9 Å². The molecule has 4 aliphatic heterocycles. The molecule has 4 heterocycles.